The minimum atomic E-state index is -4.64. The zero-order valence-electron chi connectivity index (χ0n) is 10.4. The number of alkyl halides is 3. The molecule has 0 radical (unpaired) electrons. The van der Waals surface area contributed by atoms with Crippen LogP contribution in [0.3, 0.4) is 0 Å². The van der Waals surface area contributed by atoms with Crippen molar-refractivity contribution in [2.75, 3.05) is 18.8 Å². The predicted molar refractivity (Wildman–Crippen MR) is 65.0 cm³/mol. The summed E-state index contributed by atoms with van der Waals surface area (Å²) in [6.07, 6.45) is -5.17. The fraction of sp³-hybridized carbons (Fsp3) is 0.818. The number of rotatable bonds is 5. The lowest BCUT2D eigenvalue weighted by molar-refractivity contribution is -0.222. The Labute approximate surface area is 111 Å². The van der Waals surface area contributed by atoms with Crippen molar-refractivity contribution in [1.29, 1.82) is 0 Å². The number of halogens is 3. The monoisotopic (exact) mass is 301 g/mol. The van der Waals surface area contributed by atoms with Gasteiger partial charge in [-0.1, -0.05) is 6.08 Å². The maximum absolute atomic E-state index is 12.3. The van der Waals surface area contributed by atoms with Crippen LogP contribution < -0.4 is 0 Å². The summed E-state index contributed by atoms with van der Waals surface area (Å²) in [4.78, 5) is 0. The molecule has 0 aromatic rings. The van der Waals surface area contributed by atoms with Crippen LogP contribution in [0.4, 0.5) is 13.2 Å². The van der Waals surface area contributed by atoms with Gasteiger partial charge in [0.1, 0.15) is 0 Å². The van der Waals surface area contributed by atoms with Crippen LogP contribution in [0.5, 0.6) is 0 Å². The van der Waals surface area contributed by atoms with Gasteiger partial charge in [-0.05, 0) is 25.2 Å². The van der Waals surface area contributed by atoms with Crippen LogP contribution in [0.2, 0.25) is 0 Å². The molecule has 1 aliphatic rings. The van der Waals surface area contributed by atoms with Crippen LogP contribution in [0.25, 0.3) is 0 Å². The van der Waals surface area contributed by atoms with Crippen molar-refractivity contribution < 1.29 is 26.7 Å². The van der Waals surface area contributed by atoms with Crippen molar-refractivity contribution in [2.45, 2.75) is 31.5 Å². The van der Waals surface area contributed by atoms with E-state index in [0.717, 1.165) is 0 Å². The first-order valence-electron chi connectivity index (χ1n) is 6.02. The molecule has 1 fully saturated rings. The predicted octanol–water partition coefficient (Wildman–Crippen LogP) is 1.53. The SMILES string of the molecule is C=CCCS(=O)(=O)N1CCC([C@H](O)C(F)(F)F)CC1. The molecule has 112 valence electrons. The molecular formula is C11H18F3NO3S. The molecule has 0 unspecified atom stereocenters. The Kier molecular flexibility index (Phi) is 5.40. The topological polar surface area (TPSA) is 57.6 Å². The Morgan fingerprint density at radius 3 is 2.32 bits per heavy atom. The Hall–Kier alpha value is -0.600. The average molecular weight is 301 g/mol. The lowest BCUT2D eigenvalue weighted by atomic mass is 9.92. The summed E-state index contributed by atoms with van der Waals surface area (Å²) in [6.45, 7) is 3.48. The van der Waals surface area contributed by atoms with Crippen LogP contribution in [-0.4, -0.2) is 49.0 Å². The van der Waals surface area contributed by atoms with Gasteiger partial charge in [0, 0.05) is 13.1 Å². The van der Waals surface area contributed by atoms with Crippen molar-refractivity contribution in [1.82, 2.24) is 4.31 Å². The second-order valence-electron chi connectivity index (χ2n) is 4.62. The molecule has 0 amide bonds. The van der Waals surface area contributed by atoms with Gasteiger partial charge in [-0.15, -0.1) is 6.58 Å². The Morgan fingerprint density at radius 2 is 1.89 bits per heavy atom. The Morgan fingerprint density at radius 1 is 1.37 bits per heavy atom. The average Bonchev–Trinajstić information content (AvgIpc) is 2.34. The molecule has 0 aromatic carbocycles. The van der Waals surface area contributed by atoms with Crippen LogP contribution in [-0.2, 0) is 10.0 Å². The smallest absolute Gasteiger partial charge is 0.383 e. The molecule has 0 aliphatic carbocycles. The number of aliphatic hydroxyl groups is 1. The van der Waals surface area contributed by atoms with Crippen LogP contribution in [0.15, 0.2) is 12.7 Å². The summed E-state index contributed by atoms with van der Waals surface area (Å²) in [5, 5.41) is 9.13. The number of aliphatic hydroxyl groups excluding tert-OH is 1. The second kappa shape index (κ2) is 6.23. The second-order valence-corrected chi connectivity index (χ2v) is 6.70. The molecule has 1 N–H and O–H groups in total. The quantitative estimate of drug-likeness (QED) is 0.784. The molecule has 1 heterocycles. The third kappa shape index (κ3) is 4.47. The third-order valence-electron chi connectivity index (χ3n) is 3.25. The molecule has 0 saturated carbocycles. The van der Waals surface area contributed by atoms with Gasteiger partial charge in [0.05, 0.1) is 5.75 Å². The van der Waals surface area contributed by atoms with E-state index in [4.69, 9.17) is 5.11 Å². The summed E-state index contributed by atoms with van der Waals surface area (Å²) in [6, 6.07) is 0. The molecule has 1 saturated heterocycles. The molecule has 0 aromatic heterocycles. The molecule has 19 heavy (non-hydrogen) atoms. The lowest BCUT2D eigenvalue weighted by Gasteiger charge is -2.34. The fourth-order valence-electron chi connectivity index (χ4n) is 2.10. The largest absolute Gasteiger partial charge is 0.414 e. The highest BCUT2D eigenvalue weighted by Crippen LogP contribution is 2.32. The molecule has 0 bridgehead atoms. The number of sulfonamides is 1. The lowest BCUT2D eigenvalue weighted by Crippen LogP contribution is -2.45. The molecule has 8 heteroatoms. The molecule has 1 rings (SSSR count). The van der Waals surface area contributed by atoms with Gasteiger partial charge in [0.15, 0.2) is 6.10 Å². The van der Waals surface area contributed by atoms with Gasteiger partial charge in [-0.25, -0.2) is 12.7 Å². The summed E-state index contributed by atoms with van der Waals surface area (Å²) in [5.74, 6) is -1.01. The summed E-state index contributed by atoms with van der Waals surface area (Å²) in [5.41, 5.74) is 0. The summed E-state index contributed by atoms with van der Waals surface area (Å²) in [7, 11) is -3.43. The maximum atomic E-state index is 12.3. The van der Waals surface area contributed by atoms with Gasteiger partial charge in [0.2, 0.25) is 10.0 Å². The zero-order chi connectivity index (χ0) is 14.7. The normalized spacial score (nSPS) is 21.3. The van der Waals surface area contributed by atoms with Crippen molar-refractivity contribution in [3.8, 4) is 0 Å². The Balaban J connectivity index is 2.56. The van der Waals surface area contributed by atoms with Crippen LogP contribution in [0, 0.1) is 5.92 Å². The summed E-state index contributed by atoms with van der Waals surface area (Å²) < 4.78 is 61.8. The van der Waals surface area contributed by atoms with E-state index in [1.54, 1.807) is 0 Å². The van der Waals surface area contributed by atoms with Crippen molar-refractivity contribution in [3.63, 3.8) is 0 Å². The first-order valence-corrected chi connectivity index (χ1v) is 7.63. The highest BCUT2D eigenvalue weighted by molar-refractivity contribution is 7.89. The number of hydrogen-bond acceptors (Lipinski definition) is 3. The number of hydrogen-bond donors (Lipinski definition) is 1. The van der Waals surface area contributed by atoms with Crippen LogP contribution in [0.1, 0.15) is 19.3 Å². The highest BCUT2D eigenvalue weighted by atomic mass is 32.2. The van der Waals surface area contributed by atoms with E-state index in [0.29, 0.717) is 6.42 Å². The van der Waals surface area contributed by atoms with Gasteiger partial charge >= 0.3 is 6.18 Å². The highest BCUT2D eigenvalue weighted by Gasteiger charge is 2.44. The van der Waals surface area contributed by atoms with E-state index < -0.39 is 28.2 Å². The van der Waals surface area contributed by atoms with Crippen molar-refractivity contribution in [3.05, 3.63) is 12.7 Å². The number of nitrogens with zero attached hydrogens (tertiary/aromatic N) is 1. The number of allylic oxidation sites excluding steroid dienone is 1. The standard InChI is InChI=1S/C11H18F3NO3S/c1-2-3-8-19(17,18)15-6-4-9(5-7-15)10(16)11(12,13)14/h2,9-10,16H,1,3-8H2/t10-/m0/s1. The Bertz CT molecular complexity index is 400. The molecular weight excluding hydrogens is 283 g/mol. The third-order valence-corrected chi connectivity index (χ3v) is 5.16. The van der Waals surface area contributed by atoms with E-state index in [-0.39, 0.29) is 31.7 Å². The molecule has 4 nitrogen and oxygen atoms in total. The van der Waals surface area contributed by atoms with Gasteiger partial charge in [-0.3, -0.25) is 0 Å². The van der Waals surface area contributed by atoms with Crippen molar-refractivity contribution in [2.24, 2.45) is 5.92 Å². The van der Waals surface area contributed by atoms with Gasteiger partial charge < -0.3 is 5.11 Å². The first-order chi connectivity index (χ1) is 8.68. The minimum absolute atomic E-state index is 0.0218. The van der Waals surface area contributed by atoms with E-state index in [1.807, 2.05) is 0 Å². The van der Waals surface area contributed by atoms with Crippen LogP contribution >= 0.6 is 0 Å². The van der Waals surface area contributed by atoms with E-state index in [9.17, 15) is 21.6 Å². The zero-order valence-corrected chi connectivity index (χ0v) is 11.3. The van der Waals surface area contributed by atoms with E-state index in [2.05, 4.69) is 6.58 Å². The fourth-order valence-corrected chi connectivity index (χ4v) is 3.59. The molecule has 0 spiro atoms. The van der Waals surface area contributed by atoms with Crippen molar-refractivity contribution >= 4 is 10.0 Å². The van der Waals surface area contributed by atoms with Gasteiger partial charge in [0.25, 0.3) is 0 Å². The summed E-state index contributed by atoms with van der Waals surface area (Å²) >= 11 is 0. The molecule has 1 aliphatic heterocycles. The van der Waals surface area contributed by atoms with E-state index in [1.165, 1.54) is 10.4 Å². The minimum Gasteiger partial charge on any atom is -0.383 e. The molecule has 1 atom stereocenters. The van der Waals surface area contributed by atoms with E-state index >= 15 is 0 Å². The van der Waals surface area contributed by atoms with Gasteiger partial charge in [-0.2, -0.15) is 13.2 Å². The number of piperidine rings is 1. The first kappa shape index (κ1) is 16.5. The maximum Gasteiger partial charge on any atom is 0.414 e.